The third kappa shape index (κ3) is 7.09. The van der Waals surface area contributed by atoms with Gasteiger partial charge in [0, 0.05) is 17.1 Å². The maximum Gasteiger partial charge on any atom is 0.306 e. The molecule has 0 aromatic heterocycles. The molecule has 142 valence electrons. The Morgan fingerprint density at radius 2 is 1.56 bits per heavy atom. The van der Waals surface area contributed by atoms with Crippen LogP contribution in [0.5, 0.6) is 0 Å². The van der Waals surface area contributed by atoms with Crippen LogP contribution < -0.4 is 10.6 Å². The summed E-state index contributed by atoms with van der Waals surface area (Å²) in [5.74, 6) is -1.60. The molecule has 9 heteroatoms. The summed E-state index contributed by atoms with van der Waals surface area (Å²) >= 11 is 17.6. The first kappa shape index (κ1) is 21.0. The molecule has 0 spiro atoms. The molecule has 2 rings (SSSR count). The smallest absolute Gasteiger partial charge is 0.306 e. The predicted molar refractivity (Wildman–Crippen MR) is 105 cm³/mol. The molecule has 2 aromatic rings. The molecule has 0 heterocycles. The summed E-state index contributed by atoms with van der Waals surface area (Å²) < 4.78 is 4.84. The number of anilines is 2. The molecule has 0 unspecified atom stereocenters. The second-order valence-corrected chi connectivity index (χ2v) is 6.59. The standard InChI is InChI=1S/C18H15Cl3N2O4/c19-11-4-6-12(7-5-11)22-16(25)10-27-17(26)9-8-15(24)23-14-3-1-2-13(20)18(14)21/h1-7H,8-10H2,(H,22,25)(H,23,24). The fourth-order valence-corrected chi connectivity index (χ4v) is 2.45. The first-order valence-corrected chi connectivity index (χ1v) is 8.93. The lowest BCUT2D eigenvalue weighted by molar-refractivity contribution is -0.147. The summed E-state index contributed by atoms with van der Waals surface area (Å²) in [5, 5.41) is 6.17. The number of carbonyl (C=O) groups excluding carboxylic acids is 3. The number of amides is 2. The summed E-state index contributed by atoms with van der Waals surface area (Å²) in [4.78, 5) is 35.3. The quantitative estimate of drug-likeness (QED) is 0.633. The maximum atomic E-state index is 11.9. The van der Waals surface area contributed by atoms with Crippen LogP contribution in [0, 0.1) is 0 Å². The van der Waals surface area contributed by atoms with Crippen molar-refractivity contribution in [3.63, 3.8) is 0 Å². The fourth-order valence-electron chi connectivity index (χ4n) is 1.98. The highest BCUT2D eigenvalue weighted by atomic mass is 35.5. The first-order valence-electron chi connectivity index (χ1n) is 7.80. The van der Waals surface area contributed by atoms with E-state index in [1.807, 2.05) is 0 Å². The van der Waals surface area contributed by atoms with E-state index in [2.05, 4.69) is 10.6 Å². The van der Waals surface area contributed by atoms with Gasteiger partial charge in [0.2, 0.25) is 5.91 Å². The van der Waals surface area contributed by atoms with Gasteiger partial charge in [-0.3, -0.25) is 14.4 Å². The van der Waals surface area contributed by atoms with Crippen LogP contribution in [0.3, 0.4) is 0 Å². The van der Waals surface area contributed by atoms with E-state index in [4.69, 9.17) is 39.5 Å². The van der Waals surface area contributed by atoms with E-state index in [0.29, 0.717) is 21.4 Å². The van der Waals surface area contributed by atoms with Crippen molar-refractivity contribution in [1.29, 1.82) is 0 Å². The second-order valence-electron chi connectivity index (χ2n) is 5.37. The molecule has 0 aliphatic rings. The van der Waals surface area contributed by atoms with E-state index in [-0.39, 0.29) is 17.9 Å². The van der Waals surface area contributed by atoms with E-state index >= 15 is 0 Å². The van der Waals surface area contributed by atoms with Gasteiger partial charge in [-0.1, -0.05) is 40.9 Å². The molecule has 0 saturated carbocycles. The van der Waals surface area contributed by atoms with Gasteiger partial charge in [-0.15, -0.1) is 0 Å². The van der Waals surface area contributed by atoms with E-state index in [0.717, 1.165) is 0 Å². The Hall–Kier alpha value is -2.28. The minimum Gasteiger partial charge on any atom is -0.456 e. The van der Waals surface area contributed by atoms with Crippen molar-refractivity contribution < 1.29 is 19.1 Å². The Kier molecular flexibility index (Phi) is 7.91. The summed E-state index contributed by atoms with van der Waals surface area (Å²) in [6, 6.07) is 11.3. The number of rotatable bonds is 7. The van der Waals surface area contributed by atoms with Gasteiger partial charge < -0.3 is 15.4 Å². The SMILES string of the molecule is O=C(COC(=O)CCC(=O)Nc1cccc(Cl)c1Cl)Nc1ccc(Cl)cc1. The lowest BCUT2D eigenvalue weighted by Crippen LogP contribution is -2.21. The van der Waals surface area contributed by atoms with Crippen molar-refractivity contribution in [2.75, 3.05) is 17.2 Å². The van der Waals surface area contributed by atoms with E-state index in [9.17, 15) is 14.4 Å². The topological polar surface area (TPSA) is 84.5 Å². The highest BCUT2D eigenvalue weighted by Crippen LogP contribution is 2.29. The molecule has 0 atom stereocenters. The summed E-state index contributed by atoms with van der Waals surface area (Å²) in [6.45, 7) is -0.455. The highest BCUT2D eigenvalue weighted by Gasteiger charge is 2.12. The number of esters is 1. The molecular formula is C18H15Cl3N2O4. The number of hydrogen-bond donors (Lipinski definition) is 2. The highest BCUT2D eigenvalue weighted by molar-refractivity contribution is 6.44. The van der Waals surface area contributed by atoms with Crippen molar-refractivity contribution in [3.05, 3.63) is 57.5 Å². The number of benzene rings is 2. The van der Waals surface area contributed by atoms with E-state index < -0.39 is 24.4 Å². The van der Waals surface area contributed by atoms with Gasteiger partial charge in [-0.25, -0.2) is 0 Å². The van der Waals surface area contributed by atoms with Gasteiger partial charge in [0.25, 0.3) is 5.91 Å². The molecule has 6 nitrogen and oxygen atoms in total. The molecule has 27 heavy (non-hydrogen) atoms. The molecule has 0 bridgehead atoms. The second kappa shape index (κ2) is 10.2. The van der Waals surface area contributed by atoms with Crippen molar-refractivity contribution >= 4 is 64.0 Å². The molecule has 0 radical (unpaired) electrons. The van der Waals surface area contributed by atoms with Crippen molar-refractivity contribution in [2.45, 2.75) is 12.8 Å². The maximum absolute atomic E-state index is 11.9. The van der Waals surface area contributed by atoms with Crippen molar-refractivity contribution in [2.24, 2.45) is 0 Å². The van der Waals surface area contributed by atoms with Crippen LogP contribution in [-0.4, -0.2) is 24.4 Å². The van der Waals surface area contributed by atoms with Gasteiger partial charge in [0.05, 0.1) is 22.2 Å². The van der Waals surface area contributed by atoms with Crippen LogP contribution in [0.25, 0.3) is 0 Å². The Morgan fingerprint density at radius 1 is 0.852 bits per heavy atom. The predicted octanol–water partition coefficient (Wildman–Crippen LogP) is 4.55. The lowest BCUT2D eigenvalue weighted by atomic mass is 10.2. The van der Waals surface area contributed by atoms with Crippen LogP contribution in [0.2, 0.25) is 15.1 Å². The lowest BCUT2D eigenvalue weighted by Gasteiger charge is -2.08. The molecule has 2 amide bonds. The third-order valence-corrected chi connectivity index (χ3v) is 4.34. The zero-order valence-electron chi connectivity index (χ0n) is 13.9. The zero-order chi connectivity index (χ0) is 19.8. The molecule has 0 aliphatic carbocycles. The van der Waals surface area contributed by atoms with Crippen molar-refractivity contribution in [1.82, 2.24) is 0 Å². The van der Waals surface area contributed by atoms with Gasteiger partial charge in [0.1, 0.15) is 0 Å². The molecule has 2 N–H and O–H groups in total. The van der Waals surface area contributed by atoms with E-state index in [1.54, 1.807) is 42.5 Å². The van der Waals surface area contributed by atoms with Crippen LogP contribution in [0.1, 0.15) is 12.8 Å². The number of nitrogens with one attached hydrogen (secondary N) is 2. The minimum atomic E-state index is -0.673. The monoisotopic (exact) mass is 428 g/mol. The Morgan fingerprint density at radius 3 is 2.26 bits per heavy atom. The molecule has 0 fully saturated rings. The number of hydrogen-bond acceptors (Lipinski definition) is 4. The van der Waals surface area contributed by atoms with Crippen molar-refractivity contribution in [3.8, 4) is 0 Å². The summed E-state index contributed by atoms with van der Waals surface area (Å²) in [6.07, 6.45) is -0.307. The van der Waals surface area contributed by atoms with Crippen LogP contribution in [0.4, 0.5) is 11.4 Å². The average molecular weight is 430 g/mol. The van der Waals surface area contributed by atoms with Crippen LogP contribution in [-0.2, 0) is 19.1 Å². The Labute approximate surface area is 170 Å². The van der Waals surface area contributed by atoms with Gasteiger partial charge in [-0.2, -0.15) is 0 Å². The number of halogens is 3. The third-order valence-electron chi connectivity index (χ3n) is 3.27. The van der Waals surface area contributed by atoms with E-state index in [1.165, 1.54) is 0 Å². The average Bonchev–Trinajstić information content (AvgIpc) is 2.64. The Balaban J connectivity index is 1.70. The molecule has 0 aliphatic heterocycles. The number of ether oxygens (including phenoxy) is 1. The normalized spacial score (nSPS) is 10.2. The minimum absolute atomic E-state index is 0.125. The van der Waals surface area contributed by atoms with Gasteiger partial charge >= 0.3 is 5.97 Å². The van der Waals surface area contributed by atoms with Crippen LogP contribution in [0.15, 0.2) is 42.5 Å². The summed E-state index contributed by atoms with van der Waals surface area (Å²) in [7, 11) is 0. The fraction of sp³-hybridized carbons (Fsp3) is 0.167. The Bertz CT molecular complexity index is 841. The zero-order valence-corrected chi connectivity index (χ0v) is 16.2. The molecular weight excluding hydrogens is 415 g/mol. The largest absolute Gasteiger partial charge is 0.456 e. The molecule has 2 aromatic carbocycles. The van der Waals surface area contributed by atoms with Crippen LogP contribution >= 0.6 is 34.8 Å². The first-order chi connectivity index (χ1) is 12.8. The van der Waals surface area contributed by atoms with Gasteiger partial charge in [-0.05, 0) is 36.4 Å². The molecule has 0 saturated heterocycles. The number of carbonyl (C=O) groups is 3. The summed E-state index contributed by atoms with van der Waals surface area (Å²) in [5.41, 5.74) is 0.878. The van der Waals surface area contributed by atoms with Gasteiger partial charge in [0.15, 0.2) is 6.61 Å².